The Balaban J connectivity index is 1.91. The molecule has 0 bridgehead atoms. The molecule has 0 fully saturated rings. The summed E-state index contributed by atoms with van der Waals surface area (Å²) in [6.07, 6.45) is 1.41. The van der Waals surface area contributed by atoms with E-state index in [1.165, 1.54) is 6.33 Å². The molecule has 0 aliphatic heterocycles. The fourth-order valence-electron chi connectivity index (χ4n) is 2.21. The summed E-state index contributed by atoms with van der Waals surface area (Å²) in [5, 5.41) is 15.0. The predicted octanol–water partition coefficient (Wildman–Crippen LogP) is 3.25. The van der Waals surface area contributed by atoms with Gasteiger partial charge in [-0.25, -0.2) is 0 Å². The minimum absolute atomic E-state index is 0.194. The molecule has 21 heavy (non-hydrogen) atoms. The van der Waals surface area contributed by atoms with Gasteiger partial charge >= 0.3 is 5.82 Å². The van der Waals surface area contributed by atoms with Crippen molar-refractivity contribution < 1.29 is 9.34 Å². The van der Waals surface area contributed by atoms with Crippen molar-refractivity contribution in [1.29, 1.82) is 0 Å². The number of hydrogen-bond acceptors (Lipinski definition) is 5. The van der Waals surface area contributed by atoms with Crippen LogP contribution in [0.5, 0.6) is 0 Å². The summed E-state index contributed by atoms with van der Waals surface area (Å²) in [6.45, 7) is 1.88. The number of nitro groups is 1. The van der Waals surface area contributed by atoms with E-state index in [2.05, 4.69) is 10.3 Å². The number of nitrogens with one attached hydrogen (secondary N) is 1. The summed E-state index contributed by atoms with van der Waals surface area (Å²) >= 11 is 0. The molecule has 1 atom stereocenters. The second-order valence-electron chi connectivity index (χ2n) is 4.84. The van der Waals surface area contributed by atoms with E-state index in [4.69, 9.17) is 4.42 Å². The lowest BCUT2D eigenvalue weighted by Gasteiger charge is -2.12. The first-order valence-electron chi connectivity index (χ1n) is 6.47. The molecule has 0 spiro atoms. The van der Waals surface area contributed by atoms with Gasteiger partial charge in [-0.3, -0.25) is 4.57 Å². The number of aryl methyl sites for hydroxylation is 1. The zero-order chi connectivity index (χ0) is 15.0. The number of nitrogens with zero attached hydrogens (tertiary/aromatic N) is 3. The highest BCUT2D eigenvalue weighted by molar-refractivity contribution is 5.77. The minimum atomic E-state index is -0.506. The van der Waals surface area contributed by atoms with Crippen LogP contribution >= 0.6 is 0 Å². The molecule has 108 valence electrons. The van der Waals surface area contributed by atoms with Crippen LogP contribution in [0.4, 0.5) is 11.6 Å². The number of aromatic nitrogens is 2. The van der Waals surface area contributed by atoms with Gasteiger partial charge in [0.15, 0.2) is 0 Å². The zero-order valence-electron chi connectivity index (χ0n) is 11.6. The van der Waals surface area contributed by atoms with Gasteiger partial charge in [0.2, 0.25) is 12.1 Å². The molecule has 7 nitrogen and oxygen atoms in total. The molecule has 0 radical (unpaired) electrons. The van der Waals surface area contributed by atoms with Crippen molar-refractivity contribution in [2.45, 2.75) is 13.0 Å². The molecular weight excluding hydrogens is 272 g/mol. The Morgan fingerprint density at radius 3 is 2.90 bits per heavy atom. The van der Waals surface area contributed by atoms with Gasteiger partial charge < -0.3 is 19.8 Å². The summed E-state index contributed by atoms with van der Waals surface area (Å²) in [5.74, 6) is 0.875. The van der Waals surface area contributed by atoms with Crippen molar-refractivity contribution in [3.8, 4) is 0 Å². The number of imidazole rings is 1. The monoisotopic (exact) mass is 286 g/mol. The van der Waals surface area contributed by atoms with E-state index >= 15 is 0 Å². The van der Waals surface area contributed by atoms with Gasteiger partial charge in [-0.2, -0.15) is 0 Å². The largest absolute Gasteiger partial charge is 0.459 e. The molecular formula is C14H14N4O3. The van der Waals surface area contributed by atoms with Crippen molar-refractivity contribution in [3.05, 3.63) is 52.5 Å². The van der Waals surface area contributed by atoms with E-state index < -0.39 is 4.92 Å². The number of rotatable bonds is 4. The second-order valence-corrected chi connectivity index (χ2v) is 4.84. The molecule has 1 N–H and O–H groups in total. The molecule has 0 amide bonds. The topological polar surface area (TPSA) is 86.1 Å². The first kappa shape index (κ1) is 13.2. The SMILES string of the molecule is CC(Nc1c([N+](=O)[O-])ncn1C)c1cc2ccccc2o1. The summed E-state index contributed by atoms with van der Waals surface area (Å²) in [5.41, 5.74) is 0.792. The summed E-state index contributed by atoms with van der Waals surface area (Å²) in [4.78, 5) is 14.2. The standard InChI is InChI=1S/C14H14N4O3/c1-9(12-7-10-5-3-4-6-11(10)21-12)16-14-13(18(19)20)15-8-17(14)2/h3-9,16H,1-2H3. The molecule has 7 heteroatoms. The van der Waals surface area contributed by atoms with Crippen LogP contribution in [0, 0.1) is 10.1 Å². The molecule has 2 heterocycles. The Bertz CT molecular complexity index is 773. The number of para-hydroxylation sites is 1. The lowest BCUT2D eigenvalue weighted by molar-refractivity contribution is -0.388. The molecule has 0 aliphatic rings. The number of fused-ring (bicyclic) bond motifs is 1. The lowest BCUT2D eigenvalue weighted by Crippen LogP contribution is -2.10. The smallest absolute Gasteiger partial charge is 0.406 e. The summed E-state index contributed by atoms with van der Waals surface area (Å²) in [7, 11) is 1.70. The third-order valence-corrected chi connectivity index (χ3v) is 3.32. The van der Waals surface area contributed by atoms with Gasteiger partial charge in [0.25, 0.3) is 0 Å². The van der Waals surface area contributed by atoms with Crippen molar-refractivity contribution in [3.63, 3.8) is 0 Å². The van der Waals surface area contributed by atoms with E-state index in [9.17, 15) is 10.1 Å². The maximum Gasteiger partial charge on any atom is 0.406 e. The normalized spacial score (nSPS) is 12.5. The third-order valence-electron chi connectivity index (χ3n) is 3.32. The molecule has 0 saturated carbocycles. The molecule has 2 aromatic heterocycles. The van der Waals surface area contributed by atoms with E-state index in [1.54, 1.807) is 11.6 Å². The molecule has 1 unspecified atom stereocenters. The Morgan fingerprint density at radius 1 is 1.43 bits per heavy atom. The quantitative estimate of drug-likeness (QED) is 0.587. The average molecular weight is 286 g/mol. The van der Waals surface area contributed by atoms with Crippen molar-refractivity contribution >= 4 is 22.6 Å². The first-order chi connectivity index (χ1) is 10.1. The van der Waals surface area contributed by atoms with Gasteiger partial charge in [0, 0.05) is 12.4 Å². The fraction of sp³-hybridized carbons (Fsp3) is 0.214. The summed E-state index contributed by atoms with van der Waals surface area (Å²) in [6, 6.07) is 9.40. The predicted molar refractivity (Wildman–Crippen MR) is 78.1 cm³/mol. The van der Waals surface area contributed by atoms with Crippen LogP contribution in [0.25, 0.3) is 11.0 Å². The molecule has 1 aromatic carbocycles. The maximum absolute atomic E-state index is 11.0. The number of anilines is 1. The van der Waals surface area contributed by atoms with Crippen LogP contribution < -0.4 is 5.32 Å². The van der Waals surface area contributed by atoms with E-state index in [1.807, 2.05) is 37.3 Å². The highest BCUT2D eigenvalue weighted by Gasteiger charge is 2.23. The van der Waals surface area contributed by atoms with Crippen molar-refractivity contribution in [1.82, 2.24) is 9.55 Å². The van der Waals surface area contributed by atoms with Crippen LogP contribution in [0.1, 0.15) is 18.7 Å². The second kappa shape index (κ2) is 4.93. The van der Waals surface area contributed by atoms with Gasteiger partial charge in [-0.1, -0.05) is 18.2 Å². The molecule has 0 aliphatic carbocycles. The highest BCUT2D eigenvalue weighted by atomic mass is 16.6. The molecule has 3 aromatic rings. The van der Waals surface area contributed by atoms with Crippen LogP contribution in [0.2, 0.25) is 0 Å². The van der Waals surface area contributed by atoms with Crippen molar-refractivity contribution in [2.75, 3.05) is 5.32 Å². The zero-order valence-corrected chi connectivity index (χ0v) is 11.6. The third kappa shape index (κ3) is 2.33. The lowest BCUT2D eigenvalue weighted by atomic mass is 10.2. The summed E-state index contributed by atoms with van der Waals surface area (Å²) < 4.78 is 7.34. The van der Waals surface area contributed by atoms with Crippen LogP contribution in [0.3, 0.4) is 0 Å². The highest BCUT2D eigenvalue weighted by Crippen LogP contribution is 2.29. The molecule has 3 rings (SSSR count). The first-order valence-corrected chi connectivity index (χ1v) is 6.47. The Kier molecular flexibility index (Phi) is 3.09. The van der Waals surface area contributed by atoms with E-state index in [0.717, 1.165) is 11.0 Å². The van der Waals surface area contributed by atoms with E-state index in [0.29, 0.717) is 11.6 Å². The van der Waals surface area contributed by atoms with Gasteiger partial charge in [-0.05, 0) is 29.0 Å². The Hall–Kier alpha value is -2.83. The van der Waals surface area contributed by atoms with E-state index in [-0.39, 0.29) is 11.9 Å². The maximum atomic E-state index is 11.0. The minimum Gasteiger partial charge on any atom is -0.459 e. The number of hydrogen-bond donors (Lipinski definition) is 1. The van der Waals surface area contributed by atoms with Gasteiger partial charge in [-0.15, -0.1) is 0 Å². The van der Waals surface area contributed by atoms with Gasteiger partial charge in [0.1, 0.15) is 11.3 Å². The van der Waals surface area contributed by atoms with Crippen molar-refractivity contribution in [2.24, 2.45) is 7.05 Å². The van der Waals surface area contributed by atoms with Crippen LogP contribution in [-0.2, 0) is 7.05 Å². The Labute approximate surface area is 120 Å². The van der Waals surface area contributed by atoms with Crippen LogP contribution in [-0.4, -0.2) is 14.5 Å². The molecule has 0 saturated heterocycles. The fourth-order valence-corrected chi connectivity index (χ4v) is 2.21. The van der Waals surface area contributed by atoms with Crippen LogP contribution in [0.15, 0.2) is 41.1 Å². The number of benzene rings is 1. The van der Waals surface area contributed by atoms with Gasteiger partial charge in [0.05, 0.1) is 6.04 Å². The Morgan fingerprint density at radius 2 is 2.19 bits per heavy atom. The number of furan rings is 1. The average Bonchev–Trinajstić information content (AvgIpc) is 3.03.